The minimum atomic E-state index is -0.371. The summed E-state index contributed by atoms with van der Waals surface area (Å²) in [6, 6.07) is 7.21. The number of rotatable bonds is 9. The Bertz CT molecular complexity index is 1130. The van der Waals surface area contributed by atoms with E-state index in [0.29, 0.717) is 49.2 Å². The summed E-state index contributed by atoms with van der Waals surface area (Å²) in [5.41, 5.74) is 7.97. The van der Waals surface area contributed by atoms with Crippen molar-refractivity contribution in [1.29, 1.82) is 0 Å². The fourth-order valence-corrected chi connectivity index (χ4v) is 3.32. The largest absolute Gasteiger partial charge is 0.399 e. The van der Waals surface area contributed by atoms with Crippen molar-refractivity contribution in [2.24, 2.45) is 16.1 Å². The molecule has 10 heteroatoms. The second-order valence-electron chi connectivity index (χ2n) is 7.33. The number of carbonyl (C=O) groups excluding carboxylic acids is 2. The third kappa shape index (κ3) is 5.15. The van der Waals surface area contributed by atoms with Crippen LogP contribution >= 0.6 is 0 Å². The van der Waals surface area contributed by atoms with Gasteiger partial charge in [0, 0.05) is 42.8 Å². The van der Waals surface area contributed by atoms with Crippen molar-refractivity contribution in [3.05, 3.63) is 65.9 Å². The summed E-state index contributed by atoms with van der Waals surface area (Å²) in [5.74, 6) is 0.701. The van der Waals surface area contributed by atoms with Crippen LogP contribution in [0.4, 0.5) is 5.69 Å². The first-order valence-corrected chi connectivity index (χ1v) is 10.3. The highest BCUT2D eigenvalue weighted by Crippen LogP contribution is 2.27. The number of benzene rings is 1. The van der Waals surface area contributed by atoms with Crippen molar-refractivity contribution in [1.82, 2.24) is 20.8 Å². The number of anilines is 1. The first-order valence-electron chi connectivity index (χ1n) is 10.3. The molecule has 0 radical (unpaired) electrons. The van der Waals surface area contributed by atoms with E-state index in [0.717, 1.165) is 11.1 Å². The number of carbonyl (C=O) groups is 2. The Kier molecular flexibility index (Phi) is 6.49. The highest BCUT2D eigenvalue weighted by Gasteiger charge is 2.26. The molecule has 32 heavy (non-hydrogen) atoms. The van der Waals surface area contributed by atoms with Crippen LogP contribution in [0.2, 0.25) is 0 Å². The van der Waals surface area contributed by atoms with Gasteiger partial charge >= 0.3 is 0 Å². The predicted molar refractivity (Wildman–Crippen MR) is 117 cm³/mol. The number of hydrogen-bond donors (Lipinski definition) is 3. The van der Waals surface area contributed by atoms with Gasteiger partial charge in [-0.3, -0.25) is 9.59 Å². The van der Waals surface area contributed by atoms with Crippen molar-refractivity contribution < 1.29 is 14.1 Å². The van der Waals surface area contributed by atoms with Crippen molar-refractivity contribution in [2.45, 2.75) is 19.3 Å². The predicted octanol–water partition coefficient (Wildman–Crippen LogP) is 2.29. The Labute approximate surface area is 184 Å². The number of aryl methyl sites for hydroxylation is 1. The molecule has 1 unspecified atom stereocenters. The van der Waals surface area contributed by atoms with E-state index in [4.69, 9.17) is 10.3 Å². The molecule has 10 nitrogen and oxygen atoms in total. The fourth-order valence-electron chi connectivity index (χ4n) is 3.32. The number of aromatic nitrogens is 2. The smallest absolute Gasteiger partial charge is 0.276 e. The number of nitrogen functional groups attached to an aromatic ring is 1. The van der Waals surface area contributed by atoms with E-state index >= 15 is 0 Å². The number of azo groups is 1. The van der Waals surface area contributed by atoms with Crippen LogP contribution in [-0.2, 0) is 16.0 Å². The number of allylic oxidation sites excluding steroid dienone is 3. The van der Waals surface area contributed by atoms with Gasteiger partial charge < -0.3 is 20.9 Å². The van der Waals surface area contributed by atoms with Crippen LogP contribution in [-0.4, -0.2) is 35.0 Å². The van der Waals surface area contributed by atoms with Crippen LogP contribution in [0.5, 0.6) is 0 Å². The fraction of sp³-hybridized carbons (Fsp3) is 0.273. The zero-order valence-corrected chi connectivity index (χ0v) is 17.3. The first kappa shape index (κ1) is 21.2. The number of hydrogen-bond acceptors (Lipinski definition) is 8. The number of amides is 2. The molecule has 2 aliphatic rings. The Balaban J connectivity index is 1.17. The van der Waals surface area contributed by atoms with Crippen LogP contribution in [0.15, 0.2) is 74.7 Å². The van der Waals surface area contributed by atoms with E-state index < -0.39 is 0 Å². The van der Waals surface area contributed by atoms with Gasteiger partial charge in [-0.25, -0.2) is 0 Å². The minimum absolute atomic E-state index is 0.0981. The third-order valence-electron chi connectivity index (χ3n) is 4.96. The molecule has 164 valence electrons. The molecular formula is C22H23N7O3. The maximum Gasteiger partial charge on any atom is 0.276 e. The van der Waals surface area contributed by atoms with E-state index in [-0.39, 0.29) is 24.2 Å². The lowest BCUT2D eigenvalue weighted by Crippen LogP contribution is -2.28. The SMILES string of the molecule is Nc1cccc(-c2noc(CCC(=O)NCCCNC3=C4C=CC=CC4C(=O)N=N3)n2)c1. The molecule has 1 atom stereocenters. The van der Waals surface area contributed by atoms with Gasteiger partial charge in [0.05, 0.1) is 5.92 Å². The molecule has 1 aliphatic carbocycles. The Morgan fingerprint density at radius 3 is 2.97 bits per heavy atom. The van der Waals surface area contributed by atoms with Gasteiger partial charge in [-0.15, -0.1) is 10.2 Å². The molecule has 1 aliphatic heterocycles. The molecule has 0 saturated heterocycles. The molecule has 0 bridgehead atoms. The summed E-state index contributed by atoms with van der Waals surface area (Å²) in [6.07, 6.45) is 8.65. The zero-order chi connectivity index (χ0) is 22.3. The summed E-state index contributed by atoms with van der Waals surface area (Å²) in [5, 5.41) is 17.6. The lowest BCUT2D eigenvalue weighted by molar-refractivity contribution is -0.121. The molecule has 2 heterocycles. The van der Waals surface area contributed by atoms with Gasteiger partial charge in [-0.1, -0.05) is 41.6 Å². The molecular weight excluding hydrogens is 410 g/mol. The minimum Gasteiger partial charge on any atom is -0.399 e. The van der Waals surface area contributed by atoms with Gasteiger partial charge in [0.15, 0.2) is 5.82 Å². The van der Waals surface area contributed by atoms with E-state index in [1.165, 1.54) is 0 Å². The Hall–Kier alpha value is -4.08. The number of nitrogens with zero attached hydrogens (tertiary/aromatic N) is 4. The lowest BCUT2D eigenvalue weighted by Gasteiger charge is -2.20. The van der Waals surface area contributed by atoms with Gasteiger partial charge in [-0.2, -0.15) is 4.98 Å². The van der Waals surface area contributed by atoms with Crippen molar-refractivity contribution in [3.8, 4) is 11.4 Å². The van der Waals surface area contributed by atoms with E-state index in [2.05, 4.69) is 31.0 Å². The molecule has 4 N–H and O–H groups in total. The lowest BCUT2D eigenvalue weighted by atomic mass is 9.93. The average Bonchev–Trinajstić information content (AvgIpc) is 3.28. The van der Waals surface area contributed by atoms with Crippen LogP contribution in [0.1, 0.15) is 18.7 Å². The van der Waals surface area contributed by atoms with Crippen LogP contribution in [0.3, 0.4) is 0 Å². The standard InChI is InChI=1S/C22H23N7O3/c23-15-6-3-5-14(13-15)20-26-19(32-29-20)10-9-18(30)24-11-4-12-25-21-16-7-1-2-8-17(16)22(31)28-27-21/h1-3,5-8,13,17,25H,4,9-12,23H2,(H,24,30). The monoisotopic (exact) mass is 433 g/mol. The van der Waals surface area contributed by atoms with Crippen LogP contribution < -0.4 is 16.4 Å². The normalized spacial score (nSPS) is 16.9. The summed E-state index contributed by atoms with van der Waals surface area (Å²) in [4.78, 5) is 28.2. The summed E-state index contributed by atoms with van der Waals surface area (Å²) in [7, 11) is 0. The Morgan fingerprint density at radius 2 is 2.09 bits per heavy atom. The van der Waals surface area contributed by atoms with E-state index in [1.807, 2.05) is 30.4 Å². The van der Waals surface area contributed by atoms with E-state index in [1.54, 1.807) is 18.2 Å². The molecule has 2 aromatic rings. The summed E-state index contributed by atoms with van der Waals surface area (Å²) in [6.45, 7) is 1.09. The second kappa shape index (κ2) is 9.82. The zero-order valence-electron chi connectivity index (χ0n) is 17.3. The Morgan fingerprint density at radius 1 is 1.19 bits per heavy atom. The first-order chi connectivity index (χ1) is 15.6. The maximum absolute atomic E-state index is 12.1. The highest BCUT2D eigenvalue weighted by atomic mass is 16.5. The second-order valence-corrected chi connectivity index (χ2v) is 7.33. The quantitative estimate of drug-likeness (QED) is 0.406. The topological polar surface area (TPSA) is 148 Å². The maximum atomic E-state index is 12.1. The summed E-state index contributed by atoms with van der Waals surface area (Å²) >= 11 is 0. The number of nitrogens with one attached hydrogen (secondary N) is 2. The van der Waals surface area contributed by atoms with Crippen LogP contribution in [0, 0.1) is 5.92 Å². The van der Waals surface area contributed by atoms with Gasteiger partial charge in [-0.05, 0) is 18.6 Å². The van der Waals surface area contributed by atoms with Gasteiger partial charge in [0.1, 0.15) is 0 Å². The molecule has 0 saturated carbocycles. The van der Waals surface area contributed by atoms with Crippen LogP contribution in [0.25, 0.3) is 11.4 Å². The highest BCUT2D eigenvalue weighted by molar-refractivity contribution is 5.86. The molecule has 0 spiro atoms. The van der Waals surface area contributed by atoms with E-state index in [9.17, 15) is 9.59 Å². The van der Waals surface area contributed by atoms with Gasteiger partial charge in [0.2, 0.25) is 17.6 Å². The molecule has 0 fully saturated rings. The van der Waals surface area contributed by atoms with Crippen molar-refractivity contribution >= 4 is 17.5 Å². The van der Waals surface area contributed by atoms with Crippen molar-refractivity contribution in [2.75, 3.05) is 18.8 Å². The molecule has 4 rings (SSSR count). The number of nitrogens with two attached hydrogens (primary N) is 1. The molecule has 2 amide bonds. The number of fused-ring (bicyclic) bond motifs is 1. The average molecular weight is 433 g/mol. The third-order valence-corrected chi connectivity index (χ3v) is 4.96. The molecule has 1 aromatic carbocycles. The molecule has 1 aromatic heterocycles. The summed E-state index contributed by atoms with van der Waals surface area (Å²) < 4.78 is 5.22. The van der Waals surface area contributed by atoms with Gasteiger partial charge in [0.25, 0.3) is 5.91 Å². The van der Waals surface area contributed by atoms with Crippen molar-refractivity contribution in [3.63, 3.8) is 0 Å².